The second-order valence-corrected chi connectivity index (χ2v) is 5.87. The number of urea groups is 1. The average Bonchev–Trinajstić information content (AvgIpc) is 3.26. The van der Waals surface area contributed by atoms with Gasteiger partial charge in [0, 0.05) is 30.7 Å². The van der Waals surface area contributed by atoms with Crippen molar-refractivity contribution in [3.8, 4) is 0 Å². The van der Waals surface area contributed by atoms with Crippen LogP contribution in [0.25, 0.3) is 0 Å². The number of carbonyl (C=O) groups excluding carboxylic acids is 1. The molecule has 0 bridgehead atoms. The zero-order valence-corrected chi connectivity index (χ0v) is 12.7. The summed E-state index contributed by atoms with van der Waals surface area (Å²) in [7, 11) is 1.64. The largest absolute Gasteiger partial charge is 0.391 e. The van der Waals surface area contributed by atoms with Gasteiger partial charge in [0.25, 0.3) is 0 Å². The summed E-state index contributed by atoms with van der Waals surface area (Å²) < 4.78 is 13.6. The predicted molar refractivity (Wildman–Crippen MR) is 79.9 cm³/mol. The van der Waals surface area contributed by atoms with E-state index >= 15 is 0 Å². The number of carbonyl (C=O) groups is 1. The first-order chi connectivity index (χ1) is 9.99. The van der Waals surface area contributed by atoms with Gasteiger partial charge in [-0.2, -0.15) is 0 Å². The maximum absolute atomic E-state index is 13.6. The topological polar surface area (TPSA) is 52.6 Å². The first-order valence-electron chi connectivity index (χ1n) is 7.09. The van der Waals surface area contributed by atoms with Crippen molar-refractivity contribution in [2.24, 2.45) is 5.92 Å². The molecular formula is C15H20ClFN2O2. The highest BCUT2D eigenvalue weighted by molar-refractivity contribution is 6.31. The Kier molecular flexibility index (Phi) is 5.42. The monoisotopic (exact) mass is 314 g/mol. The summed E-state index contributed by atoms with van der Waals surface area (Å²) >= 11 is 5.92. The Morgan fingerprint density at radius 2 is 2.29 bits per heavy atom. The molecule has 0 aliphatic heterocycles. The fourth-order valence-corrected chi connectivity index (χ4v) is 2.45. The van der Waals surface area contributed by atoms with E-state index in [4.69, 9.17) is 11.6 Å². The van der Waals surface area contributed by atoms with Crippen LogP contribution >= 0.6 is 11.6 Å². The zero-order chi connectivity index (χ0) is 15.4. The third-order valence-electron chi connectivity index (χ3n) is 3.69. The minimum atomic E-state index is -0.457. The Morgan fingerprint density at radius 1 is 1.57 bits per heavy atom. The molecule has 1 aromatic carbocycles. The number of amides is 2. The fourth-order valence-electron chi connectivity index (χ4n) is 2.19. The summed E-state index contributed by atoms with van der Waals surface area (Å²) in [4.78, 5) is 13.3. The molecular weight excluding hydrogens is 295 g/mol. The molecule has 1 saturated carbocycles. The van der Waals surface area contributed by atoms with Crippen LogP contribution in [0.2, 0.25) is 5.02 Å². The molecule has 1 atom stereocenters. The smallest absolute Gasteiger partial charge is 0.317 e. The second-order valence-electron chi connectivity index (χ2n) is 5.47. The molecule has 2 rings (SSSR count). The third-order valence-corrected chi connectivity index (χ3v) is 4.04. The lowest BCUT2D eigenvalue weighted by molar-refractivity contribution is 0.113. The van der Waals surface area contributed by atoms with Gasteiger partial charge in [-0.05, 0) is 37.3 Å². The Bertz CT molecular complexity index is 488. The molecule has 1 aromatic rings. The van der Waals surface area contributed by atoms with Crippen molar-refractivity contribution >= 4 is 17.6 Å². The summed E-state index contributed by atoms with van der Waals surface area (Å²) in [5.74, 6) is -0.0354. The maximum Gasteiger partial charge on any atom is 0.317 e. The molecule has 1 aliphatic carbocycles. The molecule has 1 unspecified atom stereocenters. The fraction of sp³-hybridized carbons (Fsp3) is 0.533. The quantitative estimate of drug-likeness (QED) is 0.847. The van der Waals surface area contributed by atoms with Gasteiger partial charge in [-0.1, -0.05) is 17.7 Å². The van der Waals surface area contributed by atoms with Gasteiger partial charge in [-0.15, -0.1) is 0 Å². The van der Waals surface area contributed by atoms with Gasteiger partial charge >= 0.3 is 6.03 Å². The van der Waals surface area contributed by atoms with E-state index in [0.717, 1.165) is 12.8 Å². The number of nitrogens with zero attached hydrogens (tertiary/aromatic N) is 1. The Morgan fingerprint density at radius 3 is 2.90 bits per heavy atom. The summed E-state index contributed by atoms with van der Waals surface area (Å²) in [5, 5.41) is 12.9. The van der Waals surface area contributed by atoms with Crippen molar-refractivity contribution in [3.05, 3.63) is 34.6 Å². The second kappa shape index (κ2) is 7.09. The number of nitrogens with one attached hydrogen (secondary N) is 1. The van der Waals surface area contributed by atoms with Gasteiger partial charge in [0.15, 0.2) is 0 Å². The molecule has 2 amide bonds. The van der Waals surface area contributed by atoms with E-state index in [-0.39, 0.29) is 11.8 Å². The van der Waals surface area contributed by atoms with Crippen LogP contribution in [-0.2, 0) is 6.42 Å². The Labute approximate surface area is 128 Å². The van der Waals surface area contributed by atoms with E-state index < -0.39 is 6.10 Å². The van der Waals surface area contributed by atoms with Crippen LogP contribution < -0.4 is 5.32 Å². The molecule has 0 spiro atoms. The van der Waals surface area contributed by atoms with Gasteiger partial charge in [-0.3, -0.25) is 0 Å². The van der Waals surface area contributed by atoms with Gasteiger partial charge in [0.05, 0.1) is 6.10 Å². The number of benzene rings is 1. The maximum atomic E-state index is 13.6. The zero-order valence-electron chi connectivity index (χ0n) is 12.0. The standard InChI is InChI=1S/C15H20ClFN2O2/c1-19(9-14(20)10-5-6-10)15(21)18-8-7-11-12(16)3-2-4-13(11)17/h2-4,10,14,20H,5-9H2,1H3,(H,18,21). The highest BCUT2D eigenvalue weighted by Crippen LogP contribution is 2.32. The molecule has 2 N–H and O–H groups in total. The highest BCUT2D eigenvalue weighted by Gasteiger charge is 2.31. The van der Waals surface area contributed by atoms with Crippen molar-refractivity contribution in [3.63, 3.8) is 0 Å². The minimum absolute atomic E-state index is 0.276. The van der Waals surface area contributed by atoms with E-state index in [1.54, 1.807) is 19.2 Å². The number of aliphatic hydroxyl groups is 1. The summed E-state index contributed by atoms with van der Waals surface area (Å²) in [6, 6.07) is 4.25. The Hall–Kier alpha value is -1.33. The Balaban J connectivity index is 1.75. The number of halogens is 2. The van der Waals surface area contributed by atoms with Crippen molar-refractivity contribution in [2.75, 3.05) is 20.1 Å². The van der Waals surface area contributed by atoms with E-state index in [9.17, 15) is 14.3 Å². The van der Waals surface area contributed by atoms with Crippen LogP contribution in [0.3, 0.4) is 0 Å². The molecule has 1 aliphatic rings. The van der Waals surface area contributed by atoms with Gasteiger partial charge in [-0.25, -0.2) is 9.18 Å². The van der Waals surface area contributed by atoms with Gasteiger partial charge in [0.1, 0.15) is 5.82 Å². The molecule has 21 heavy (non-hydrogen) atoms. The predicted octanol–water partition coefficient (Wildman–Crippen LogP) is 2.43. The number of aliphatic hydroxyl groups excluding tert-OH is 1. The molecule has 6 heteroatoms. The molecule has 1 fully saturated rings. The molecule has 0 saturated heterocycles. The van der Waals surface area contributed by atoms with E-state index in [0.29, 0.717) is 36.0 Å². The van der Waals surface area contributed by atoms with Crippen LogP contribution in [0.1, 0.15) is 18.4 Å². The van der Waals surface area contributed by atoms with Crippen LogP contribution in [-0.4, -0.2) is 42.3 Å². The van der Waals surface area contributed by atoms with Crippen molar-refractivity contribution in [1.29, 1.82) is 0 Å². The molecule has 0 heterocycles. The van der Waals surface area contributed by atoms with Crippen LogP contribution in [0.4, 0.5) is 9.18 Å². The number of hydrogen-bond donors (Lipinski definition) is 2. The third kappa shape index (κ3) is 4.58. The molecule has 0 aromatic heterocycles. The number of likely N-dealkylation sites (N-methyl/N-ethyl adjacent to an activating group) is 1. The average molecular weight is 315 g/mol. The summed E-state index contributed by atoms with van der Waals surface area (Å²) in [5.41, 5.74) is 0.403. The van der Waals surface area contributed by atoms with Crippen molar-refractivity contribution in [1.82, 2.24) is 10.2 Å². The van der Waals surface area contributed by atoms with Crippen molar-refractivity contribution in [2.45, 2.75) is 25.4 Å². The minimum Gasteiger partial charge on any atom is -0.391 e. The van der Waals surface area contributed by atoms with E-state index in [2.05, 4.69) is 5.32 Å². The first kappa shape index (κ1) is 16.0. The molecule has 0 radical (unpaired) electrons. The SMILES string of the molecule is CN(CC(O)C1CC1)C(=O)NCCc1c(F)cccc1Cl. The lowest BCUT2D eigenvalue weighted by Crippen LogP contribution is -2.42. The molecule has 4 nitrogen and oxygen atoms in total. The number of rotatable bonds is 6. The lowest BCUT2D eigenvalue weighted by atomic mass is 10.1. The van der Waals surface area contributed by atoms with Crippen molar-refractivity contribution < 1.29 is 14.3 Å². The van der Waals surface area contributed by atoms with Crippen LogP contribution in [0, 0.1) is 11.7 Å². The highest BCUT2D eigenvalue weighted by atomic mass is 35.5. The summed E-state index contributed by atoms with van der Waals surface area (Å²) in [6.45, 7) is 0.611. The van der Waals surface area contributed by atoms with Crippen LogP contribution in [0.5, 0.6) is 0 Å². The van der Waals surface area contributed by atoms with Gasteiger partial charge < -0.3 is 15.3 Å². The number of hydrogen-bond acceptors (Lipinski definition) is 2. The summed E-state index contributed by atoms with van der Waals surface area (Å²) in [6.07, 6.45) is 1.93. The van der Waals surface area contributed by atoms with Crippen LogP contribution in [0.15, 0.2) is 18.2 Å². The first-order valence-corrected chi connectivity index (χ1v) is 7.46. The molecule has 116 valence electrons. The van der Waals surface area contributed by atoms with Gasteiger partial charge in [0.2, 0.25) is 0 Å². The van der Waals surface area contributed by atoms with E-state index in [1.807, 2.05) is 0 Å². The van der Waals surface area contributed by atoms with E-state index in [1.165, 1.54) is 11.0 Å². The normalized spacial score (nSPS) is 15.6. The lowest BCUT2D eigenvalue weighted by Gasteiger charge is -2.21.